The summed E-state index contributed by atoms with van der Waals surface area (Å²) in [7, 11) is 0. The molecule has 1 unspecified atom stereocenters. The number of hydrogen-bond acceptors (Lipinski definition) is 2. The van der Waals surface area contributed by atoms with Gasteiger partial charge in [-0.15, -0.1) is 0 Å². The Hall–Kier alpha value is -0.0500. The van der Waals surface area contributed by atoms with E-state index in [1.54, 1.807) is 0 Å². The molecule has 0 aromatic carbocycles. The maximum atomic E-state index is 10.3. The van der Waals surface area contributed by atoms with Crippen molar-refractivity contribution in [2.45, 2.75) is 26.9 Å². The fourth-order valence-electron chi connectivity index (χ4n) is 0.282. The minimum Gasteiger partial charge on any atom is -0.454 e. The molecule has 3 heteroatoms. The molecule has 0 aliphatic rings. The van der Waals surface area contributed by atoms with Crippen LogP contribution in [0.4, 0.5) is 4.79 Å². The van der Waals surface area contributed by atoms with E-state index in [1.165, 1.54) is 0 Å². The fraction of sp³-hybridized carbons (Fsp3) is 0.833. The Morgan fingerprint density at radius 1 is 1.44 bits per heavy atom. The third-order valence-electron chi connectivity index (χ3n) is 1.22. The van der Waals surface area contributed by atoms with Gasteiger partial charge in [0.05, 0.1) is 0 Å². The minimum absolute atomic E-state index is 0.00289. The smallest absolute Gasteiger partial charge is 0.374 e. The molecule has 1 atom stereocenters. The van der Waals surface area contributed by atoms with Gasteiger partial charge in [-0.25, -0.2) is 4.79 Å². The Bertz CT molecular complexity index is 101. The maximum absolute atomic E-state index is 10.3. The first-order valence-electron chi connectivity index (χ1n) is 2.90. The fourth-order valence-corrected chi connectivity index (χ4v) is 0.577. The third kappa shape index (κ3) is 4.45. The van der Waals surface area contributed by atoms with Crippen LogP contribution in [0.1, 0.15) is 20.8 Å². The molecule has 0 radical (unpaired) electrons. The van der Waals surface area contributed by atoms with Gasteiger partial charge in [-0.05, 0) is 12.8 Å². The van der Waals surface area contributed by atoms with Crippen molar-refractivity contribution < 1.29 is 9.53 Å². The molecular formula is C6H11BrO2. The van der Waals surface area contributed by atoms with E-state index in [-0.39, 0.29) is 11.0 Å². The zero-order valence-electron chi connectivity index (χ0n) is 5.85. The van der Waals surface area contributed by atoms with Crippen LogP contribution in [0.15, 0.2) is 0 Å². The predicted octanol–water partition coefficient (Wildman–Crippen LogP) is 2.56. The van der Waals surface area contributed by atoms with Gasteiger partial charge in [-0.3, -0.25) is 0 Å². The summed E-state index contributed by atoms with van der Waals surface area (Å²) >= 11 is 2.68. The highest BCUT2D eigenvalue weighted by atomic mass is 79.9. The highest BCUT2D eigenvalue weighted by Gasteiger charge is 2.09. The van der Waals surface area contributed by atoms with Gasteiger partial charge in [0.15, 0.2) is 0 Å². The van der Waals surface area contributed by atoms with E-state index in [9.17, 15) is 4.79 Å². The molecule has 0 bridgehead atoms. The molecule has 2 nitrogen and oxygen atoms in total. The molecule has 0 saturated carbocycles. The molecule has 0 fully saturated rings. The van der Waals surface area contributed by atoms with Crippen LogP contribution in [0.2, 0.25) is 0 Å². The lowest BCUT2D eigenvalue weighted by molar-refractivity contribution is 0.106. The van der Waals surface area contributed by atoms with Crippen LogP contribution in [-0.4, -0.2) is 11.0 Å². The van der Waals surface area contributed by atoms with Crippen LogP contribution in [0.5, 0.6) is 0 Å². The van der Waals surface area contributed by atoms with Crippen LogP contribution in [0, 0.1) is 5.92 Å². The quantitative estimate of drug-likeness (QED) is 0.633. The average molecular weight is 195 g/mol. The SMILES string of the molecule is CC(C)C(C)OC(=O)Br. The normalized spacial score (nSPS) is 13.4. The summed E-state index contributed by atoms with van der Waals surface area (Å²) in [6.07, 6.45) is -0.00289. The molecule has 0 heterocycles. The van der Waals surface area contributed by atoms with Gasteiger partial charge < -0.3 is 4.74 Å². The van der Waals surface area contributed by atoms with Crippen molar-refractivity contribution in [1.29, 1.82) is 0 Å². The predicted molar refractivity (Wildman–Crippen MR) is 39.7 cm³/mol. The Labute approximate surface area is 63.7 Å². The lowest BCUT2D eigenvalue weighted by Crippen LogP contribution is -2.16. The van der Waals surface area contributed by atoms with Crippen LogP contribution in [0.25, 0.3) is 0 Å². The molecule has 0 aliphatic heterocycles. The molecule has 0 N–H and O–H groups in total. The number of carbonyl (C=O) groups is 1. The first-order chi connectivity index (χ1) is 4.04. The second-order valence-electron chi connectivity index (χ2n) is 2.30. The Morgan fingerprint density at radius 3 is 2.00 bits per heavy atom. The van der Waals surface area contributed by atoms with Gasteiger partial charge >= 0.3 is 4.88 Å². The largest absolute Gasteiger partial charge is 0.454 e. The monoisotopic (exact) mass is 194 g/mol. The van der Waals surface area contributed by atoms with E-state index >= 15 is 0 Å². The van der Waals surface area contributed by atoms with Gasteiger partial charge in [0, 0.05) is 15.9 Å². The summed E-state index contributed by atoms with van der Waals surface area (Å²) in [5, 5.41) is 0. The van der Waals surface area contributed by atoms with Crippen molar-refractivity contribution >= 4 is 20.8 Å². The van der Waals surface area contributed by atoms with E-state index in [0.29, 0.717) is 5.92 Å². The van der Waals surface area contributed by atoms with E-state index < -0.39 is 0 Å². The molecule has 0 spiro atoms. The van der Waals surface area contributed by atoms with Gasteiger partial charge in [0.1, 0.15) is 6.10 Å². The maximum Gasteiger partial charge on any atom is 0.374 e. The lowest BCUT2D eigenvalue weighted by Gasteiger charge is -2.13. The van der Waals surface area contributed by atoms with Crippen molar-refractivity contribution in [2.75, 3.05) is 0 Å². The first kappa shape index (κ1) is 8.95. The Balaban J connectivity index is 3.50. The number of hydrogen-bond donors (Lipinski definition) is 0. The Kier molecular flexibility index (Phi) is 3.86. The van der Waals surface area contributed by atoms with Gasteiger partial charge in [-0.1, -0.05) is 13.8 Å². The molecule has 0 rings (SSSR count). The highest BCUT2D eigenvalue weighted by Crippen LogP contribution is 2.07. The van der Waals surface area contributed by atoms with Crippen LogP contribution in [0.3, 0.4) is 0 Å². The van der Waals surface area contributed by atoms with Crippen LogP contribution in [-0.2, 0) is 4.74 Å². The average Bonchev–Trinajstić information content (AvgIpc) is 1.63. The Morgan fingerprint density at radius 2 is 1.89 bits per heavy atom. The summed E-state index contributed by atoms with van der Waals surface area (Å²) in [5.41, 5.74) is 0. The van der Waals surface area contributed by atoms with E-state index in [2.05, 4.69) is 15.9 Å². The third-order valence-corrected chi connectivity index (χ3v) is 1.40. The van der Waals surface area contributed by atoms with E-state index in [0.717, 1.165) is 0 Å². The molecule has 0 aliphatic carbocycles. The topological polar surface area (TPSA) is 26.3 Å². The molecular weight excluding hydrogens is 184 g/mol. The zero-order valence-corrected chi connectivity index (χ0v) is 7.44. The van der Waals surface area contributed by atoms with E-state index in [4.69, 9.17) is 4.74 Å². The second kappa shape index (κ2) is 3.88. The first-order valence-corrected chi connectivity index (χ1v) is 3.69. The highest BCUT2D eigenvalue weighted by molar-refractivity contribution is 9.18. The molecule has 0 aromatic heterocycles. The molecule has 54 valence electrons. The van der Waals surface area contributed by atoms with E-state index in [1.807, 2.05) is 20.8 Å². The van der Waals surface area contributed by atoms with Crippen molar-refractivity contribution in [3.63, 3.8) is 0 Å². The molecule has 0 aromatic rings. The standard InChI is InChI=1S/C6H11BrO2/c1-4(2)5(3)9-6(7)8/h4-5H,1-3H3. The van der Waals surface area contributed by atoms with Gasteiger partial charge in [0.2, 0.25) is 0 Å². The molecule has 0 saturated heterocycles. The van der Waals surface area contributed by atoms with Crippen molar-refractivity contribution in [2.24, 2.45) is 5.92 Å². The van der Waals surface area contributed by atoms with Gasteiger partial charge in [-0.2, -0.15) is 0 Å². The summed E-state index contributed by atoms with van der Waals surface area (Å²) in [4.78, 5) is 9.87. The summed E-state index contributed by atoms with van der Waals surface area (Å²) in [5.74, 6) is 0.381. The van der Waals surface area contributed by atoms with Crippen molar-refractivity contribution in [1.82, 2.24) is 0 Å². The lowest BCUT2D eigenvalue weighted by atomic mass is 10.1. The zero-order chi connectivity index (χ0) is 7.44. The molecule has 9 heavy (non-hydrogen) atoms. The number of rotatable bonds is 2. The minimum atomic E-state index is -0.385. The summed E-state index contributed by atoms with van der Waals surface area (Å²) < 4.78 is 4.79. The summed E-state index contributed by atoms with van der Waals surface area (Å²) in [6.45, 7) is 5.87. The van der Waals surface area contributed by atoms with Gasteiger partial charge in [0.25, 0.3) is 0 Å². The number of halogens is 1. The number of ether oxygens (including phenoxy) is 1. The summed E-state index contributed by atoms with van der Waals surface area (Å²) in [6, 6.07) is 0. The van der Waals surface area contributed by atoms with Crippen LogP contribution >= 0.6 is 15.9 Å². The van der Waals surface area contributed by atoms with Crippen LogP contribution < -0.4 is 0 Å². The second-order valence-corrected chi connectivity index (χ2v) is 2.95. The van der Waals surface area contributed by atoms with Crippen molar-refractivity contribution in [3.05, 3.63) is 0 Å². The number of carbonyl (C=O) groups excluding carboxylic acids is 1. The van der Waals surface area contributed by atoms with Crippen molar-refractivity contribution in [3.8, 4) is 0 Å². The molecule has 0 amide bonds.